The fourth-order valence-electron chi connectivity index (χ4n) is 1.97. The van der Waals surface area contributed by atoms with E-state index in [1.807, 2.05) is 0 Å². The van der Waals surface area contributed by atoms with Crippen LogP contribution < -0.4 is 10.6 Å². The maximum atomic E-state index is 11.5. The van der Waals surface area contributed by atoms with Crippen LogP contribution in [0.5, 0.6) is 0 Å². The van der Waals surface area contributed by atoms with Crippen molar-refractivity contribution in [1.82, 2.24) is 10.6 Å². The highest BCUT2D eigenvalue weighted by atomic mass is 16.1. The summed E-state index contributed by atoms with van der Waals surface area (Å²) in [7, 11) is 0. The summed E-state index contributed by atoms with van der Waals surface area (Å²) in [6, 6.07) is 0. The fraction of sp³-hybridized carbons (Fsp3) is 0.938. The van der Waals surface area contributed by atoms with Gasteiger partial charge in [-0.2, -0.15) is 0 Å². The van der Waals surface area contributed by atoms with Crippen LogP contribution in [-0.4, -0.2) is 25.5 Å². The quantitative estimate of drug-likeness (QED) is 0.534. The normalized spacial score (nSPS) is 11.3. The van der Waals surface area contributed by atoms with Gasteiger partial charge in [-0.05, 0) is 24.8 Å². The van der Waals surface area contributed by atoms with Gasteiger partial charge in [0.2, 0.25) is 5.91 Å². The molecule has 0 atom stereocenters. The molecule has 0 aromatic rings. The summed E-state index contributed by atoms with van der Waals surface area (Å²) in [4.78, 5) is 11.5. The predicted molar refractivity (Wildman–Crippen MR) is 83.3 cm³/mol. The van der Waals surface area contributed by atoms with Crippen molar-refractivity contribution in [2.45, 2.75) is 66.2 Å². The maximum absolute atomic E-state index is 11.5. The van der Waals surface area contributed by atoms with Crippen molar-refractivity contribution in [2.75, 3.05) is 19.6 Å². The second-order valence-corrected chi connectivity index (χ2v) is 6.32. The van der Waals surface area contributed by atoms with E-state index in [9.17, 15) is 4.79 Å². The van der Waals surface area contributed by atoms with Gasteiger partial charge in [0.25, 0.3) is 0 Å². The molecule has 1 amide bonds. The van der Waals surface area contributed by atoms with E-state index in [0.717, 1.165) is 25.4 Å². The van der Waals surface area contributed by atoms with Gasteiger partial charge in [0.05, 0.1) is 6.54 Å². The zero-order chi connectivity index (χ0) is 14.5. The third-order valence-electron chi connectivity index (χ3n) is 3.12. The molecule has 0 unspecified atom stereocenters. The van der Waals surface area contributed by atoms with Gasteiger partial charge >= 0.3 is 0 Å². The number of nitrogens with one attached hydrogen (secondary N) is 2. The SMILES string of the molecule is CC(C)CCCCCCCNC(=O)CNCC(C)C. The van der Waals surface area contributed by atoms with Gasteiger partial charge < -0.3 is 10.6 Å². The summed E-state index contributed by atoms with van der Waals surface area (Å²) in [5.41, 5.74) is 0. The van der Waals surface area contributed by atoms with Gasteiger partial charge in [-0.25, -0.2) is 0 Å². The molecule has 0 radical (unpaired) electrons. The summed E-state index contributed by atoms with van der Waals surface area (Å²) in [5.74, 6) is 1.55. The molecule has 0 saturated carbocycles. The maximum Gasteiger partial charge on any atom is 0.233 e. The highest BCUT2D eigenvalue weighted by Crippen LogP contribution is 2.10. The first kappa shape index (κ1) is 18.4. The summed E-state index contributed by atoms with van der Waals surface area (Å²) in [6.45, 7) is 11.0. The largest absolute Gasteiger partial charge is 0.355 e. The number of carbonyl (C=O) groups excluding carboxylic acids is 1. The molecule has 0 spiro atoms. The van der Waals surface area contributed by atoms with E-state index < -0.39 is 0 Å². The Balaban J connectivity index is 3.18. The van der Waals surface area contributed by atoms with E-state index in [1.165, 1.54) is 32.1 Å². The molecule has 0 aliphatic heterocycles. The van der Waals surface area contributed by atoms with Crippen LogP contribution in [0, 0.1) is 11.8 Å². The molecule has 0 aliphatic carbocycles. The summed E-state index contributed by atoms with van der Waals surface area (Å²) in [5, 5.41) is 6.12. The van der Waals surface area contributed by atoms with Crippen molar-refractivity contribution in [3.05, 3.63) is 0 Å². The van der Waals surface area contributed by atoms with E-state index >= 15 is 0 Å². The second-order valence-electron chi connectivity index (χ2n) is 6.32. The third kappa shape index (κ3) is 15.4. The average Bonchev–Trinajstić information content (AvgIpc) is 2.31. The van der Waals surface area contributed by atoms with Crippen LogP contribution in [0.25, 0.3) is 0 Å². The number of amides is 1. The Morgan fingerprint density at radius 1 is 0.895 bits per heavy atom. The van der Waals surface area contributed by atoms with Crippen molar-refractivity contribution in [2.24, 2.45) is 11.8 Å². The predicted octanol–water partition coefficient (Wildman–Crippen LogP) is 3.34. The van der Waals surface area contributed by atoms with E-state index in [1.54, 1.807) is 0 Å². The fourth-order valence-corrected chi connectivity index (χ4v) is 1.97. The number of rotatable bonds is 12. The molecule has 0 heterocycles. The molecule has 3 nitrogen and oxygen atoms in total. The average molecular weight is 270 g/mol. The molecule has 2 N–H and O–H groups in total. The molecule has 114 valence electrons. The molecule has 3 heteroatoms. The van der Waals surface area contributed by atoms with Crippen molar-refractivity contribution in [3.63, 3.8) is 0 Å². The monoisotopic (exact) mass is 270 g/mol. The highest BCUT2D eigenvalue weighted by molar-refractivity contribution is 5.77. The van der Waals surface area contributed by atoms with Crippen LogP contribution in [0.1, 0.15) is 66.2 Å². The van der Waals surface area contributed by atoms with Crippen molar-refractivity contribution >= 4 is 5.91 Å². The Kier molecular flexibility index (Phi) is 12.1. The lowest BCUT2D eigenvalue weighted by molar-refractivity contribution is -0.120. The smallest absolute Gasteiger partial charge is 0.233 e. The summed E-state index contributed by atoms with van der Waals surface area (Å²) in [6.07, 6.45) is 7.67. The molecular formula is C16H34N2O. The van der Waals surface area contributed by atoms with Gasteiger partial charge in [-0.15, -0.1) is 0 Å². The van der Waals surface area contributed by atoms with Crippen molar-refractivity contribution < 1.29 is 4.79 Å². The minimum Gasteiger partial charge on any atom is -0.355 e. The van der Waals surface area contributed by atoms with Gasteiger partial charge in [-0.1, -0.05) is 59.8 Å². The molecule has 0 saturated heterocycles. The van der Waals surface area contributed by atoms with Crippen LogP contribution in [0.15, 0.2) is 0 Å². The molecule has 0 bridgehead atoms. The molecule has 0 fully saturated rings. The topological polar surface area (TPSA) is 41.1 Å². The van der Waals surface area contributed by atoms with Gasteiger partial charge in [0, 0.05) is 6.54 Å². The number of hydrogen-bond donors (Lipinski definition) is 2. The van der Waals surface area contributed by atoms with Crippen LogP contribution in [0.3, 0.4) is 0 Å². The van der Waals surface area contributed by atoms with E-state index in [0.29, 0.717) is 12.5 Å². The van der Waals surface area contributed by atoms with Crippen LogP contribution in [-0.2, 0) is 4.79 Å². The highest BCUT2D eigenvalue weighted by Gasteiger charge is 2.00. The van der Waals surface area contributed by atoms with E-state index in [-0.39, 0.29) is 5.91 Å². The van der Waals surface area contributed by atoms with E-state index in [2.05, 4.69) is 38.3 Å². The Labute approximate surface area is 119 Å². The number of unbranched alkanes of at least 4 members (excludes halogenated alkanes) is 4. The Bertz CT molecular complexity index is 215. The second kappa shape index (κ2) is 12.5. The lowest BCUT2D eigenvalue weighted by atomic mass is 10.0. The van der Waals surface area contributed by atoms with Crippen molar-refractivity contribution in [3.8, 4) is 0 Å². The zero-order valence-electron chi connectivity index (χ0n) is 13.4. The Hall–Kier alpha value is -0.570. The molecule has 0 rings (SSSR count). The lowest BCUT2D eigenvalue weighted by Crippen LogP contribution is -2.35. The van der Waals surface area contributed by atoms with Gasteiger partial charge in [0.1, 0.15) is 0 Å². The van der Waals surface area contributed by atoms with Crippen molar-refractivity contribution in [1.29, 1.82) is 0 Å². The standard InChI is InChI=1S/C16H34N2O/c1-14(2)10-8-6-5-7-9-11-18-16(19)13-17-12-15(3)4/h14-15,17H,5-13H2,1-4H3,(H,18,19). The summed E-state index contributed by atoms with van der Waals surface area (Å²) < 4.78 is 0. The summed E-state index contributed by atoms with van der Waals surface area (Å²) >= 11 is 0. The zero-order valence-corrected chi connectivity index (χ0v) is 13.4. The molecule has 0 aromatic carbocycles. The molecule has 0 aliphatic rings. The lowest BCUT2D eigenvalue weighted by Gasteiger charge is -2.08. The van der Waals surface area contributed by atoms with Crippen LogP contribution in [0.2, 0.25) is 0 Å². The first-order chi connectivity index (χ1) is 9.02. The number of carbonyl (C=O) groups is 1. The Morgan fingerprint density at radius 3 is 2.16 bits per heavy atom. The van der Waals surface area contributed by atoms with Gasteiger partial charge in [-0.3, -0.25) is 4.79 Å². The van der Waals surface area contributed by atoms with E-state index in [4.69, 9.17) is 0 Å². The van der Waals surface area contributed by atoms with Crippen LogP contribution >= 0.6 is 0 Å². The first-order valence-electron chi connectivity index (χ1n) is 7.99. The molecular weight excluding hydrogens is 236 g/mol. The van der Waals surface area contributed by atoms with Gasteiger partial charge in [0.15, 0.2) is 0 Å². The Morgan fingerprint density at radius 2 is 1.53 bits per heavy atom. The first-order valence-corrected chi connectivity index (χ1v) is 7.99. The molecule has 0 aromatic heterocycles. The number of hydrogen-bond acceptors (Lipinski definition) is 2. The minimum atomic E-state index is 0.125. The third-order valence-corrected chi connectivity index (χ3v) is 3.12. The van der Waals surface area contributed by atoms with Crippen LogP contribution in [0.4, 0.5) is 0 Å². The molecule has 19 heavy (non-hydrogen) atoms. The minimum absolute atomic E-state index is 0.125.